The van der Waals surface area contributed by atoms with Gasteiger partial charge in [-0.3, -0.25) is 4.79 Å². The van der Waals surface area contributed by atoms with E-state index in [1.807, 2.05) is 0 Å². The first-order chi connectivity index (χ1) is 11.5. The van der Waals surface area contributed by atoms with Crippen molar-refractivity contribution in [3.63, 3.8) is 0 Å². The molecule has 0 N–H and O–H groups in total. The summed E-state index contributed by atoms with van der Waals surface area (Å²) in [6, 6.07) is 8.66. The summed E-state index contributed by atoms with van der Waals surface area (Å²) in [6.45, 7) is 5.94. The number of rotatable bonds is 3. The van der Waals surface area contributed by atoms with Gasteiger partial charge in [0.25, 0.3) is 0 Å². The molecule has 24 heavy (non-hydrogen) atoms. The Labute approximate surface area is 145 Å². The van der Waals surface area contributed by atoms with Gasteiger partial charge in [0.05, 0.1) is 0 Å². The molecule has 1 aromatic rings. The number of esters is 1. The second-order valence-electron chi connectivity index (χ2n) is 7.34. The molecule has 2 heteroatoms. The van der Waals surface area contributed by atoms with Crippen LogP contribution in [0.25, 0.3) is 0 Å². The normalized spacial score (nSPS) is 27.2. The fraction of sp³-hybridized carbons (Fsp3) is 0.500. The highest BCUT2D eigenvalue weighted by Gasteiger charge is 2.34. The summed E-state index contributed by atoms with van der Waals surface area (Å²) in [5.74, 6) is 0.844. The third-order valence-corrected chi connectivity index (χ3v) is 5.57. The summed E-state index contributed by atoms with van der Waals surface area (Å²) < 4.78 is 5.66. The predicted octanol–water partition coefficient (Wildman–Crippen LogP) is 5.48. The summed E-state index contributed by atoms with van der Waals surface area (Å²) in [6.07, 6.45) is 9.95. The van der Waals surface area contributed by atoms with Gasteiger partial charge in [-0.1, -0.05) is 47.6 Å². The van der Waals surface area contributed by atoms with E-state index in [9.17, 15) is 4.79 Å². The highest BCUT2D eigenvalue weighted by atomic mass is 16.5. The number of hydrogen-bond acceptors (Lipinski definition) is 2. The highest BCUT2D eigenvalue weighted by molar-refractivity contribution is 5.66. The molecule has 1 saturated carbocycles. The van der Waals surface area contributed by atoms with Crippen molar-refractivity contribution in [3.8, 4) is 0 Å². The predicted molar refractivity (Wildman–Crippen MR) is 97.9 cm³/mol. The zero-order chi connectivity index (χ0) is 17.1. The standard InChI is InChI=1S/C22H28O2/c1-15-8-4-6-10-21(15)18-12-19(14-20(13-18)24-17(3)23)22-11-7-5-9-16(22)2/h4-6,8-10,18-20H,7,11-14H2,1-3H3. The SMILES string of the molecule is CC(=O)OC1CC(C2=C(C)C=CCC2)CC(c2ccccc2C)C1. The average Bonchev–Trinajstić information content (AvgIpc) is 2.55. The van der Waals surface area contributed by atoms with Crippen molar-refractivity contribution in [3.05, 3.63) is 58.7 Å². The van der Waals surface area contributed by atoms with E-state index in [2.05, 4.69) is 50.3 Å². The zero-order valence-corrected chi connectivity index (χ0v) is 15.0. The highest BCUT2D eigenvalue weighted by Crippen LogP contribution is 2.44. The van der Waals surface area contributed by atoms with Gasteiger partial charge in [-0.15, -0.1) is 0 Å². The van der Waals surface area contributed by atoms with Crippen LogP contribution in [0.3, 0.4) is 0 Å². The lowest BCUT2D eigenvalue weighted by atomic mass is 9.71. The van der Waals surface area contributed by atoms with Gasteiger partial charge < -0.3 is 4.74 Å². The maximum atomic E-state index is 11.5. The van der Waals surface area contributed by atoms with Crippen LogP contribution < -0.4 is 0 Å². The third kappa shape index (κ3) is 3.80. The minimum Gasteiger partial charge on any atom is -0.463 e. The Morgan fingerprint density at radius 2 is 1.83 bits per heavy atom. The van der Waals surface area contributed by atoms with Crippen LogP contribution in [0.2, 0.25) is 0 Å². The summed E-state index contributed by atoms with van der Waals surface area (Å²) in [4.78, 5) is 11.5. The van der Waals surface area contributed by atoms with Crippen LogP contribution in [-0.4, -0.2) is 12.1 Å². The molecular formula is C22H28O2. The molecule has 0 heterocycles. The quantitative estimate of drug-likeness (QED) is 0.688. The van der Waals surface area contributed by atoms with Crippen molar-refractivity contribution in [2.45, 2.75) is 64.9 Å². The largest absolute Gasteiger partial charge is 0.463 e. The monoisotopic (exact) mass is 324 g/mol. The number of benzene rings is 1. The van der Waals surface area contributed by atoms with Crippen molar-refractivity contribution in [1.29, 1.82) is 0 Å². The summed E-state index contributed by atoms with van der Waals surface area (Å²) in [5.41, 5.74) is 5.76. The van der Waals surface area contributed by atoms with Gasteiger partial charge >= 0.3 is 5.97 Å². The lowest BCUT2D eigenvalue weighted by Gasteiger charge is -2.37. The molecule has 2 nitrogen and oxygen atoms in total. The molecule has 3 rings (SSSR count). The zero-order valence-electron chi connectivity index (χ0n) is 15.0. The van der Waals surface area contributed by atoms with Gasteiger partial charge in [-0.05, 0) is 68.9 Å². The number of allylic oxidation sites excluding steroid dienone is 4. The number of hydrogen-bond donors (Lipinski definition) is 0. The van der Waals surface area contributed by atoms with Gasteiger partial charge in [0.15, 0.2) is 0 Å². The molecule has 1 aromatic carbocycles. The van der Waals surface area contributed by atoms with Crippen molar-refractivity contribution in [1.82, 2.24) is 0 Å². The van der Waals surface area contributed by atoms with E-state index in [-0.39, 0.29) is 12.1 Å². The first kappa shape index (κ1) is 17.0. The minimum absolute atomic E-state index is 0.0389. The summed E-state index contributed by atoms with van der Waals surface area (Å²) >= 11 is 0. The van der Waals surface area contributed by atoms with E-state index in [4.69, 9.17) is 4.74 Å². The molecule has 0 saturated heterocycles. The molecule has 0 spiro atoms. The van der Waals surface area contributed by atoms with Crippen LogP contribution >= 0.6 is 0 Å². The topological polar surface area (TPSA) is 26.3 Å². The third-order valence-electron chi connectivity index (χ3n) is 5.57. The second kappa shape index (κ2) is 7.38. The second-order valence-corrected chi connectivity index (χ2v) is 7.34. The molecule has 3 atom stereocenters. The Balaban J connectivity index is 1.88. The van der Waals surface area contributed by atoms with Gasteiger partial charge in [0.2, 0.25) is 0 Å². The van der Waals surface area contributed by atoms with Gasteiger partial charge in [0, 0.05) is 6.92 Å². The van der Waals surface area contributed by atoms with Crippen molar-refractivity contribution in [2.24, 2.45) is 5.92 Å². The van der Waals surface area contributed by atoms with Gasteiger partial charge in [0.1, 0.15) is 6.10 Å². The molecular weight excluding hydrogens is 296 g/mol. The number of carbonyl (C=O) groups excluding carboxylic acids is 1. The average molecular weight is 324 g/mol. The molecule has 128 valence electrons. The molecule has 0 radical (unpaired) electrons. The van der Waals surface area contributed by atoms with Gasteiger partial charge in [-0.25, -0.2) is 0 Å². The Hall–Kier alpha value is -1.83. The van der Waals surface area contributed by atoms with E-state index in [1.165, 1.54) is 30.0 Å². The van der Waals surface area contributed by atoms with Crippen molar-refractivity contribution < 1.29 is 9.53 Å². The molecule has 0 bridgehead atoms. The summed E-state index contributed by atoms with van der Waals surface area (Å²) in [7, 11) is 0. The van der Waals surface area contributed by atoms with E-state index in [0.717, 1.165) is 25.7 Å². The Bertz CT molecular complexity index is 668. The Morgan fingerprint density at radius 3 is 2.54 bits per heavy atom. The Morgan fingerprint density at radius 1 is 1.08 bits per heavy atom. The molecule has 0 amide bonds. The first-order valence-electron chi connectivity index (χ1n) is 9.13. The minimum atomic E-state index is -0.154. The molecule has 2 aliphatic carbocycles. The van der Waals surface area contributed by atoms with E-state index >= 15 is 0 Å². The van der Waals surface area contributed by atoms with E-state index < -0.39 is 0 Å². The Kier molecular flexibility index (Phi) is 5.23. The number of aryl methyl sites for hydroxylation is 1. The van der Waals surface area contributed by atoms with Crippen LogP contribution in [-0.2, 0) is 9.53 Å². The lowest BCUT2D eigenvalue weighted by Crippen LogP contribution is -2.30. The van der Waals surface area contributed by atoms with Crippen LogP contribution in [0.1, 0.15) is 63.0 Å². The molecule has 1 fully saturated rings. The number of carbonyl (C=O) groups is 1. The van der Waals surface area contributed by atoms with Crippen LogP contribution in [0.5, 0.6) is 0 Å². The van der Waals surface area contributed by atoms with Gasteiger partial charge in [-0.2, -0.15) is 0 Å². The molecule has 0 aromatic heterocycles. The van der Waals surface area contributed by atoms with Crippen molar-refractivity contribution >= 4 is 5.97 Å². The maximum absolute atomic E-state index is 11.5. The molecule has 3 unspecified atom stereocenters. The fourth-order valence-electron chi connectivity index (χ4n) is 4.51. The smallest absolute Gasteiger partial charge is 0.302 e. The van der Waals surface area contributed by atoms with Crippen LogP contribution in [0.4, 0.5) is 0 Å². The number of ether oxygens (including phenoxy) is 1. The van der Waals surface area contributed by atoms with Crippen LogP contribution in [0, 0.1) is 12.8 Å². The first-order valence-corrected chi connectivity index (χ1v) is 9.13. The van der Waals surface area contributed by atoms with E-state index in [1.54, 1.807) is 5.57 Å². The maximum Gasteiger partial charge on any atom is 0.302 e. The lowest BCUT2D eigenvalue weighted by molar-refractivity contribution is -0.148. The van der Waals surface area contributed by atoms with Crippen molar-refractivity contribution in [2.75, 3.05) is 0 Å². The van der Waals surface area contributed by atoms with Crippen LogP contribution in [0.15, 0.2) is 47.6 Å². The molecule has 2 aliphatic rings. The fourth-order valence-corrected chi connectivity index (χ4v) is 4.51. The molecule has 0 aliphatic heterocycles. The summed E-state index contributed by atoms with van der Waals surface area (Å²) in [5, 5.41) is 0. The van der Waals surface area contributed by atoms with E-state index in [0.29, 0.717) is 11.8 Å².